The second-order valence-electron chi connectivity index (χ2n) is 7.45. The van der Waals surface area contributed by atoms with Crippen LogP contribution in [0.1, 0.15) is 18.4 Å². The van der Waals surface area contributed by atoms with Crippen LogP contribution in [0.2, 0.25) is 0 Å². The van der Waals surface area contributed by atoms with Crippen molar-refractivity contribution in [3.8, 4) is 5.75 Å². The molecular formula is C22H26FNO3. The van der Waals surface area contributed by atoms with Gasteiger partial charge >= 0.3 is 0 Å². The number of hydrogen-bond acceptors (Lipinski definition) is 4. The number of para-hydroxylation sites is 1. The van der Waals surface area contributed by atoms with Gasteiger partial charge in [0.15, 0.2) is 0 Å². The predicted octanol–water partition coefficient (Wildman–Crippen LogP) is 3.61. The first-order valence-electron chi connectivity index (χ1n) is 9.59. The quantitative estimate of drug-likeness (QED) is 0.776. The van der Waals surface area contributed by atoms with Crippen molar-refractivity contribution in [2.75, 3.05) is 39.6 Å². The Morgan fingerprint density at radius 3 is 2.52 bits per heavy atom. The Kier molecular flexibility index (Phi) is 5.72. The molecule has 144 valence electrons. The van der Waals surface area contributed by atoms with E-state index in [0.29, 0.717) is 13.3 Å². The van der Waals surface area contributed by atoms with Crippen molar-refractivity contribution in [1.82, 2.24) is 4.90 Å². The molecule has 0 amide bonds. The van der Waals surface area contributed by atoms with Crippen LogP contribution in [-0.4, -0.2) is 50.6 Å². The third-order valence-corrected chi connectivity index (χ3v) is 5.57. The van der Waals surface area contributed by atoms with Crippen LogP contribution in [0.4, 0.5) is 4.39 Å². The Morgan fingerprint density at radius 1 is 1.04 bits per heavy atom. The van der Waals surface area contributed by atoms with E-state index >= 15 is 0 Å². The summed E-state index contributed by atoms with van der Waals surface area (Å²) in [6.45, 7) is 4.37. The van der Waals surface area contributed by atoms with Gasteiger partial charge in [-0.3, -0.25) is 4.90 Å². The average molecular weight is 371 g/mol. The van der Waals surface area contributed by atoms with Crippen molar-refractivity contribution >= 4 is 0 Å². The first-order chi connectivity index (χ1) is 13.2. The summed E-state index contributed by atoms with van der Waals surface area (Å²) in [4.78, 5) is 2.34. The van der Waals surface area contributed by atoms with Crippen LogP contribution in [0.3, 0.4) is 0 Å². The van der Waals surface area contributed by atoms with E-state index in [0.717, 1.165) is 44.9 Å². The molecule has 2 aliphatic rings. The van der Waals surface area contributed by atoms with Gasteiger partial charge in [-0.1, -0.05) is 30.3 Å². The summed E-state index contributed by atoms with van der Waals surface area (Å²) < 4.78 is 30.8. The van der Waals surface area contributed by atoms with Crippen molar-refractivity contribution < 1.29 is 18.6 Å². The molecule has 0 spiro atoms. The number of hydrogen-bond donors (Lipinski definition) is 0. The molecule has 1 atom stereocenters. The lowest BCUT2D eigenvalue weighted by molar-refractivity contribution is 0.0246. The zero-order valence-corrected chi connectivity index (χ0v) is 15.5. The van der Waals surface area contributed by atoms with Gasteiger partial charge in [0.1, 0.15) is 24.3 Å². The van der Waals surface area contributed by atoms with E-state index in [1.807, 2.05) is 42.5 Å². The van der Waals surface area contributed by atoms with Crippen LogP contribution >= 0.6 is 0 Å². The van der Waals surface area contributed by atoms with Crippen LogP contribution < -0.4 is 4.74 Å². The molecular weight excluding hydrogens is 345 g/mol. The fourth-order valence-electron chi connectivity index (χ4n) is 4.05. The van der Waals surface area contributed by atoms with Gasteiger partial charge in [0.25, 0.3) is 0 Å². The zero-order valence-electron chi connectivity index (χ0n) is 15.5. The lowest BCUT2D eigenvalue weighted by Crippen LogP contribution is -2.44. The van der Waals surface area contributed by atoms with Gasteiger partial charge in [0.2, 0.25) is 0 Å². The van der Waals surface area contributed by atoms with E-state index in [1.54, 1.807) is 12.1 Å². The monoisotopic (exact) mass is 371 g/mol. The molecule has 2 aromatic rings. The van der Waals surface area contributed by atoms with Gasteiger partial charge in [-0.2, -0.15) is 0 Å². The number of benzene rings is 2. The van der Waals surface area contributed by atoms with Gasteiger partial charge in [-0.25, -0.2) is 4.39 Å². The first-order valence-corrected chi connectivity index (χ1v) is 9.59. The first kappa shape index (κ1) is 18.4. The Balaban J connectivity index is 1.38. The van der Waals surface area contributed by atoms with E-state index in [2.05, 4.69) is 4.90 Å². The standard InChI is InChI=1S/C22H26FNO3/c23-19-8-6-18(7-9-19)22(10-12-25-13-11-22)16-24-14-21(27-17-24)15-26-20-4-2-1-3-5-20/h1-9,21H,10-17H2. The maximum absolute atomic E-state index is 13.4. The Morgan fingerprint density at radius 2 is 1.78 bits per heavy atom. The van der Waals surface area contributed by atoms with Crippen LogP contribution in [0.25, 0.3) is 0 Å². The van der Waals surface area contributed by atoms with Crippen molar-refractivity contribution in [1.29, 1.82) is 0 Å². The minimum Gasteiger partial charge on any atom is -0.491 e. The Labute approximate surface area is 159 Å². The Bertz CT molecular complexity index is 716. The highest BCUT2D eigenvalue weighted by Gasteiger charge is 2.38. The number of rotatable bonds is 6. The Hall–Kier alpha value is -1.95. The molecule has 2 aliphatic heterocycles. The number of ether oxygens (including phenoxy) is 3. The third kappa shape index (κ3) is 4.49. The smallest absolute Gasteiger partial charge is 0.123 e. The highest BCUT2D eigenvalue weighted by molar-refractivity contribution is 5.27. The van der Waals surface area contributed by atoms with Crippen LogP contribution in [0.5, 0.6) is 5.75 Å². The molecule has 4 nitrogen and oxygen atoms in total. The summed E-state index contributed by atoms with van der Waals surface area (Å²) in [5.41, 5.74) is 1.18. The van der Waals surface area contributed by atoms with E-state index < -0.39 is 0 Å². The third-order valence-electron chi connectivity index (χ3n) is 5.57. The molecule has 0 aliphatic carbocycles. The van der Waals surface area contributed by atoms with E-state index in [-0.39, 0.29) is 17.3 Å². The zero-order chi connectivity index (χ0) is 18.5. The highest BCUT2D eigenvalue weighted by Crippen LogP contribution is 2.36. The SMILES string of the molecule is Fc1ccc(C2(CN3COC(COc4ccccc4)C3)CCOCC2)cc1. The largest absolute Gasteiger partial charge is 0.491 e. The summed E-state index contributed by atoms with van der Waals surface area (Å²) >= 11 is 0. The van der Waals surface area contributed by atoms with E-state index in [4.69, 9.17) is 14.2 Å². The molecule has 4 rings (SSSR count). The molecule has 2 heterocycles. The topological polar surface area (TPSA) is 30.9 Å². The molecule has 5 heteroatoms. The second-order valence-corrected chi connectivity index (χ2v) is 7.45. The summed E-state index contributed by atoms with van der Waals surface area (Å²) in [6.07, 6.45) is 1.95. The fraction of sp³-hybridized carbons (Fsp3) is 0.455. The molecule has 0 saturated carbocycles. The average Bonchev–Trinajstić information content (AvgIpc) is 3.15. The van der Waals surface area contributed by atoms with Gasteiger partial charge in [-0.15, -0.1) is 0 Å². The second kappa shape index (κ2) is 8.38. The molecule has 0 bridgehead atoms. The summed E-state index contributed by atoms with van der Waals surface area (Å²) in [6, 6.07) is 16.8. The molecule has 0 aromatic heterocycles. The van der Waals surface area contributed by atoms with Crippen LogP contribution in [0, 0.1) is 5.82 Å². The predicted molar refractivity (Wildman–Crippen MR) is 101 cm³/mol. The summed E-state index contributed by atoms with van der Waals surface area (Å²) in [7, 11) is 0. The van der Waals surface area contributed by atoms with Gasteiger partial charge in [0, 0.05) is 31.7 Å². The van der Waals surface area contributed by atoms with Gasteiger partial charge in [0.05, 0.1) is 6.73 Å². The lowest BCUT2D eigenvalue weighted by Gasteiger charge is -2.40. The molecule has 2 saturated heterocycles. The lowest BCUT2D eigenvalue weighted by atomic mass is 9.73. The summed E-state index contributed by atoms with van der Waals surface area (Å²) in [5, 5.41) is 0. The van der Waals surface area contributed by atoms with E-state index in [1.165, 1.54) is 5.56 Å². The number of nitrogens with zero attached hydrogens (tertiary/aromatic N) is 1. The molecule has 27 heavy (non-hydrogen) atoms. The molecule has 1 unspecified atom stereocenters. The van der Waals surface area contributed by atoms with Crippen molar-refractivity contribution in [2.45, 2.75) is 24.4 Å². The minimum absolute atomic E-state index is 0.00944. The number of halogens is 1. The van der Waals surface area contributed by atoms with Crippen molar-refractivity contribution in [3.63, 3.8) is 0 Å². The molecule has 0 N–H and O–H groups in total. The highest BCUT2D eigenvalue weighted by atomic mass is 19.1. The minimum atomic E-state index is -0.191. The van der Waals surface area contributed by atoms with Gasteiger partial charge < -0.3 is 14.2 Å². The van der Waals surface area contributed by atoms with Gasteiger partial charge in [-0.05, 0) is 42.7 Å². The van der Waals surface area contributed by atoms with Crippen molar-refractivity contribution in [3.05, 3.63) is 66.0 Å². The van der Waals surface area contributed by atoms with Crippen LogP contribution in [0.15, 0.2) is 54.6 Å². The van der Waals surface area contributed by atoms with Crippen LogP contribution in [-0.2, 0) is 14.9 Å². The molecule has 0 radical (unpaired) electrons. The van der Waals surface area contributed by atoms with Crippen molar-refractivity contribution in [2.24, 2.45) is 0 Å². The molecule has 2 fully saturated rings. The fourth-order valence-corrected chi connectivity index (χ4v) is 4.05. The maximum Gasteiger partial charge on any atom is 0.123 e. The maximum atomic E-state index is 13.4. The molecule has 2 aromatic carbocycles. The van der Waals surface area contributed by atoms with E-state index in [9.17, 15) is 4.39 Å². The summed E-state index contributed by atoms with van der Waals surface area (Å²) in [5.74, 6) is 0.676. The normalized spacial score (nSPS) is 22.6.